The van der Waals surface area contributed by atoms with E-state index in [2.05, 4.69) is 10.3 Å². The smallest absolute Gasteiger partial charge is 0.316 e. The number of aromatic amines is 1. The summed E-state index contributed by atoms with van der Waals surface area (Å²) in [6.45, 7) is 2.45. The zero-order valence-corrected chi connectivity index (χ0v) is 11.1. The second kappa shape index (κ2) is 4.67. The van der Waals surface area contributed by atoms with Gasteiger partial charge in [-0.2, -0.15) is 0 Å². The Morgan fingerprint density at radius 3 is 2.85 bits per heavy atom. The number of hydrogen-bond acceptors (Lipinski definition) is 2. The minimum atomic E-state index is -1.06. The second-order valence-corrected chi connectivity index (χ2v) is 5.21. The van der Waals surface area contributed by atoms with Gasteiger partial charge < -0.3 is 15.4 Å². The number of aromatic nitrogens is 1. The third-order valence-electron chi connectivity index (χ3n) is 4.02. The molecule has 1 aliphatic heterocycles. The molecular formula is C15H16N2O3. The van der Waals surface area contributed by atoms with Crippen LogP contribution in [-0.4, -0.2) is 28.5 Å². The molecule has 3 rings (SSSR count). The van der Waals surface area contributed by atoms with E-state index in [1.54, 1.807) is 0 Å². The van der Waals surface area contributed by atoms with Crippen LogP contribution in [0, 0.1) is 12.8 Å². The summed E-state index contributed by atoms with van der Waals surface area (Å²) in [6, 6.07) is 7.80. The molecule has 0 aliphatic carbocycles. The molecule has 0 bridgehead atoms. The number of piperidine rings is 1. The lowest BCUT2D eigenvalue weighted by Gasteiger charge is -2.28. The number of amides is 1. The Hall–Kier alpha value is -2.30. The molecule has 104 valence electrons. The van der Waals surface area contributed by atoms with Crippen molar-refractivity contribution in [2.24, 2.45) is 5.92 Å². The van der Waals surface area contributed by atoms with Gasteiger partial charge in [-0.1, -0.05) is 18.2 Å². The van der Waals surface area contributed by atoms with Crippen molar-refractivity contribution in [1.82, 2.24) is 10.3 Å². The number of rotatable bonds is 2. The molecule has 5 heteroatoms. The number of nitrogens with one attached hydrogen (secondary N) is 2. The minimum absolute atomic E-state index is 0.280. The van der Waals surface area contributed by atoms with Crippen LogP contribution < -0.4 is 5.32 Å². The van der Waals surface area contributed by atoms with Crippen LogP contribution in [0.2, 0.25) is 0 Å². The fraction of sp³-hybridized carbons (Fsp3) is 0.333. The van der Waals surface area contributed by atoms with Crippen molar-refractivity contribution in [3.63, 3.8) is 0 Å². The Morgan fingerprint density at radius 1 is 1.35 bits per heavy atom. The van der Waals surface area contributed by atoms with Crippen LogP contribution in [0.25, 0.3) is 10.9 Å². The molecule has 1 fully saturated rings. The van der Waals surface area contributed by atoms with Crippen LogP contribution in [0.3, 0.4) is 0 Å². The van der Waals surface area contributed by atoms with Gasteiger partial charge in [0.2, 0.25) is 5.91 Å². The highest BCUT2D eigenvalue weighted by Gasteiger charge is 2.40. The number of hydrogen-bond donors (Lipinski definition) is 3. The van der Waals surface area contributed by atoms with Crippen molar-refractivity contribution < 1.29 is 14.7 Å². The zero-order chi connectivity index (χ0) is 14.3. The van der Waals surface area contributed by atoms with Gasteiger partial charge in [-0.25, -0.2) is 0 Å². The summed E-state index contributed by atoms with van der Waals surface area (Å²) >= 11 is 0. The zero-order valence-electron chi connectivity index (χ0n) is 11.1. The van der Waals surface area contributed by atoms with E-state index in [4.69, 9.17) is 0 Å². The number of benzene rings is 1. The van der Waals surface area contributed by atoms with E-state index in [1.807, 2.05) is 31.2 Å². The van der Waals surface area contributed by atoms with Crippen LogP contribution in [-0.2, 0) is 9.59 Å². The highest BCUT2D eigenvalue weighted by Crippen LogP contribution is 2.37. The van der Waals surface area contributed by atoms with E-state index in [-0.39, 0.29) is 5.92 Å². The summed E-state index contributed by atoms with van der Waals surface area (Å²) in [4.78, 5) is 26.6. The van der Waals surface area contributed by atoms with Crippen molar-refractivity contribution in [2.75, 3.05) is 6.54 Å². The predicted octanol–water partition coefficient (Wildman–Crippen LogP) is 1.78. The van der Waals surface area contributed by atoms with E-state index in [0.29, 0.717) is 13.0 Å². The Balaban J connectivity index is 2.15. The molecular weight excluding hydrogens is 256 g/mol. The fourth-order valence-electron chi connectivity index (χ4n) is 3.18. The van der Waals surface area contributed by atoms with Crippen molar-refractivity contribution in [2.45, 2.75) is 19.3 Å². The lowest BCUT2D eigenvalue weighted by molar-refractivity contribution is -0.149. The maximum Gasteiger partial charge on any atom is 0.316 e. The predicted molar refractivity (Wildman–Crippen MR) is 74.5 cm³/mol. The number of aliphatic carboxylic acids is 1. The molecule has 2 heterocycles. The highest BCUT2D eigenvalue weighted by atomic mass is 16.4. The first-order valence-corrected chi connectivity index (χ1v) is 6.67. The summed E-state index contributed by atoms with van der Waals surface area (Å²) in [5.74, 6) is -2.74. The molecule has 5 nitrogen and oxygen atoms in total. The highest BCUT2D eigenvalue weighted by molar-refractivity contribution is 5.99. The van der Waals surface area contributed by atoms with E-state index in [9.17, 15) is 14.7 Å². The minimum Gasteiger partial charge on any atom is -0.481 e. The topological polar surface area (TPSA) is 82.2 Å². The number of para-hydroxylation sites is 1. The molecule has 1 saturated heterocycles. The number of carbonyl (C=O) groups excluding carboxylic acids is 1. The van der Waals surface area contributed by atoms with Gasteiger partial charge >= 0.3 is 5.97 Å². The Morgan fingerprint density at radius 2 is 2.10 bits per heavy atom. The standard InChI is InChI=1S/C15H16N2O3/c1-8-12(9-4-2-3-5-11(9)17-8)10-6-7-16-14(18)13(10)15(19)20/h2-5,10,13,17H,6-7H2,1H3,(H,16,18)(H,19,20). The van der Waals surface area contributed by atoms with Gasteiger partial charge in [-0.3, -0.25) is 9.59 Å². The summed E-state index contributed by atoms with van der Waals surface area (Å²) in [7, 11) is 0. The molecule has 2 unspecified atom stereocenters. The number of carbonyl (C=O) groups is 2. The van der Waals surface area contributed by atoms with Gasteiger partial charge in [0, 0.05) is 29.1 Å². The van der Waals surface area contributed by atoms with Crippen LogP contribution in [0.1, 0.15) is 23.6 Å². The molecule has 20 heavy (non-hydrogen) atoms. The fourth-order valence-corrected chi connectivity index (χ4v) is 3.18. The first kappa shape index (κ1) is 12.7. The quantitative estimate of drug-likeness (QED) is 0.729. The summed E-state index contributed by atoms with van der Waals surface area (Å²) in [5, 5.41) is 13.0. The molecule has 0 spiro atoms. The molecule has 0 radical (unpaired) electrons. The van der Waals surface area contributed by atoms with Gasteiger partial charge in [0.1, 0.15) is 5.92 Å². The summed E-state index contributed by atoms with van der Waals surface area (Å²) in [5.41, 5.74) is 2.88. The molecule has 2 aromatic rings. The monoisotopic (exact) mass is 272 g/mol. The van der Waals surface area contributed by atoms with Crippen LogP contribution in [0.4, 0.5) is 0 Å². The van der Waals surface area contributed by atoms with Gasteiger partial charge in [-0.05, 0) is 25.0 Å². The molecule has 1 aromatic heterocycles. The largest absolute Gasteiger partial charge is 0.481 e. The maximum absolute atomic E-state index is 11.9. The third-order valence-corrected chi connectivity index (χ3v) is 4.02. The molecule has 2 atom stereocenters. The average molecular weight is 272 g/mol. The number of carboxylic acid groups (broad SMARTS) is 1. The Labute approximate surface area is 116 Å². The van der Waals surface area contributed by atoms with Gasteiger partial charge in [0.05, 0.1) is 0 Å². The van der Waals surface area contributed by atoms with Crippen molar-refractivity contribution in [3.8, 4) is 0 Å². The third kappa shape index (κ3) is 1.86. The van der Waals surface area contributed by atoms with Gasteiger partial charge in [-0.15, -0.1) is 0 Å². The van der Waals surface area contributed by atoms with Crippen molar-refractivity contribution in [3.05, 3.63) is 35.5 Å². The van der Waals surface area contributed by atoms with Gasteiger partial charge in [0.25, 0.3) is 0 Å². The van der Waals surface area contributed by atoms with E-state index < -0.39 is 17.8 Å². The van der Waals surface area contributed by atoms with Crippen molar-refractivity contribution >= 4 is 22.8 Å². The first-order chi connectivity index (χ1) is 9.59. The first-order valence-electron chi connectivity index (χ1n) is 6.67. The van der Waals surface area contributed by atoms with Crippen LogP contribution >= 0.6 is 0 Å². The SMILES string of the molecule is Cc1[nH]c2ccccc2c1C1CCNC(=O)C1C(=O)O. The Bertz CT molecular complexity index is 689. The van der Waals surface area contributed by atoms with E-state index >= 15 is 0 Å². The second-order valence-electron chi connectivity index (χ2n) is 5.21. The number of carboxylic acids is 1. The van der Waals surface area contributed by atoms with E-state index in [0.717, 1.165) is 22.2 Å². The van der Waals surface area contributed by atoms with Crippen molar-refractivity contribution in [1.29, 1.82) is 0 Å². The summed E-state index contributed by atoms with van der Waals surface area (Å²) < 4.78 is 0. The molecule has 1 aliphatic rings. The number of fused-ring (bicyclic) bond motifs is 1. The lowest BCUT2D eigenvalue weighted by atomic mass is 9.79. The summed E-state index contributed by atoms with van der Waals surface area (Å²) in [6.07, 6.45) is 0.644. The average Bonchev–Trinajstić information content (AvgIpc) is 2.73. The molecule has 0 saturated carbocycles. The molecule has 1 aromatic carbocycles. The number of aryl methyl sites for hydroxylation is 1. The van der Waals surface area contributed by atoms with Crippen LogP contribution in [0.15, 0.2) is 24.3 Å². The van der Waals surface area contributed by atoms with E-state index in [1.165, 1.54) is 0 Å². The lowest BCUT2D eigenvalue weighted by Crippen LogP contribution is -2.45. The normalized spacial score (nSPS) is 22.8. The number of H-pyrrole nitrogens is 1. The van der Waals surface area contributed by atoms with Gasteiger partial charge in [0.15, 0.2) is 0 Å². The van der Waals surface area contributed by atoms with Crippen LogP contribution in [0.5, 0.6) is 0 Å². The maximum atomic E-state index is 11.9. The Kier molecular flexibility index (Phi) is 2.97. The molecule has 3 N–H and O–H groups in total. The molecule has 1 amide bonds.